The molecule has 0 spiro atoms. The van der Waals surface area contributed by atoms with Gasteiger partial charge < -0.3 is 14.2 Å². The van der Waals surface area contributed by atoms with Crippen LogP contribution in [-0.2, 0) is 19.1 Å². The second kappa shape index (κ2) is 13.0. The Morgan fingerprint density at radius 3 is 2.56 bits per heavy atom. The highest BCUT2D eigenvalue weighted by atomic mass is 19.4. The molecule has 1 aromatic rings. The van der Waals surface area contributed by atoms with Crippen LogP contribution >= 0.6 is 0 Å². The minimum absolute atomic E-state index is 0.166. The highest BCUT2D eigenvalue weighted by Crippen LogP contribution is 2.25. The molecule has 1 unspecified atom stereocenters. The molecule has 0 bridgehead atoms. The van der Waals surface area contributed by atoms with Crippen molar-refractivity contribution < 1.29 is 37.0 Å². The summed E-state index contributed by atoms with van der Waals surface area (Å²) in [6.45, 7) is 2.16. The van der Waals surface area contributed by atoms with E-state index in [4.69, 9.17) is 14.7 Å². The van der Waals surface area contributed by atoms with Gasteiger partial charge in [-0.15, -0.1) is 0 Å². The molecule has 1 aliphatic rings. The zero-order valence-electron chi connectivity index (χ0n) is 17.7. The van der Waals surface area contributed by atoms with Gasteiger partial charge in [0.25, 0.3) is 0 Å². The quantitative estimate of drug-likeness (QED) is 0.283. The molecule has 1 aliphatic heterocycles. The van der Waals surface area contributed by atoms with E-state index in [-0.39, 0.29) is 19.1 Å². The number of carbonyl (C=O) groups excluding carboxylic acids is 2. The standard InChI is InChI=1S/C22H27F3N2O5/c23-22(24,25)21(29)32-20(28)10-12-27-13-15-31-19(16-27)17-6-8-18(9-7-17)30-14-5-3-1-2-4-11-26/h6-9,19H,1-5,10,12-16H2. The van der Waals surface area contributed by atoms with E-state index >= 15 is 0 Å². The molecule has 0 N–H and O–H groups in total. The van der Waals surface area contributed by atoms with Gasteiger partial charge in [0, 0.05) is 26.1 Å². The Kier molecular flexibility index (Phi) is 10.4. The van der Waals surface area contributed by atoms with Crippen LogP contribution < -0.4 is 4.74 Å². The molecule has 7 nitrogen and oxygen atoms in total. The average molecular weight is 456 g/mol. The highest BCUT2D eigenvalue weighted by molar-refractivity contribution is 5.88. The lowest BCUT2D eigenvalue weighted by molar-refractivity contribution is -0.202. The van der Waals surface area contributed by atoms with E-state index in [0.29, 0.717) is 32.7 Å². The summed E-state index contributed by atoms with van der Waals surface area (Å²) < 4.78 is 51.7. The zero-order chi connectivity index (χ0) is 23.4. The maximum atomic E-state index is 12.1. The first-order valence-corrected chi connectivity index (χ1v) is 10.5. The van der Waals surface area contributed by atoms with Crippen LogP contribution in [0, 0.1) is 11.3 Å². The molecule has 0 saturated carbocycles. The molecule has 1 atom stereocenters. The Morgan fingerprint density at radius 2 is 1.88 bits per heavy atom. The number of benzene rings is 1. The largest absolute Gasteiger partial charge is 0.494 e. The van der Waals surface area contributed by atoms with Gasteiger partial charge in [0.1, 0.15) is 5.75 Å². The summed E-state index contributed by atoms with van der Waals surface area (Å²) in [4.78, 5) is 24.1. The van der Waals surface area contributed by atoms with Crippen molar-refractivity contribution in [3.8, 4) is 11.8 Å². The Balaban J connectivity index is 1.72. The number of unbranched alkanes of at least 4 members (excludes halogenated alkanes) is 4. The van der Waals surface area contributed by atoms with Crippen LogP contribution in [0.3, 0.4) is 0 Å². The van der Waals surface area contributed by atoms with Crippen molar-refractivity contribution in [3.63, 3.8) is 0 Å². The minimum atomic E-state index is -5.19. The van der Waals surface area contributed by atoms with Crippen LogP contribution in [0.4, 0.5) is 13.2 Å². The van der Waals surface area contributed by atoms with Crippen LogP contribution in [0.15, 0.2) is 24.3 Å². The van der Waals surface area contributed by atoms with Crippen molar-refractivity contribution in [2.45, 2.75) is 50.8 Å². The van der Waals surface area contributed by atoms with Gasteiger partial charge in [-0.3, -0.25) is 9.69 Å². The molecule has 2 rings (SSSR count). The number of hydrogen-bond acceptors (Lipinski definition) is 7. The summed E-state index contributed by atoms with van der Waals surface area (Å²) >= 11 is 0. The number of ether oxygens (including phenoxy) is 3. The van der Waals surface area contributed by atoms with Gasteiger partial charge in [0.05, 0.1) is 31.8 Å². The van der Waals surface area contributed by atoms with E-state index in [2.05, 4.69) is 10.8 Å². The highest BCUT2D eigenvalue weighted by Gasteiger charge is 2.42. The van der Waals surface area contributed by atoms with Crippen LogP contribution in [0.2, 0.25) is 0 Å². The fourth-order valence-electron chi connectivity index (χ4n) is 3.20. The van der Waals surface area contributed by atoms with E-state index in [1.807, 2.05) is 29.2 Å². The first-order chi connectivity index (χ1) is 15.3. The topological polar surface area (TPSA) is 88.9 Å². The number of nitriles is 1. The van der Waals surface area contributed by atoms with Gasteiger partial charge in [-0.05, 0) is 30.5 Å². The molecule has 176 valence electrons. The molecular formula is C22H27F3N2O5. The van der Waals surface area contributed by atoms with Crippen LogP contribution in [0.1, 0.15) is 50.2 Å². The van der Waals surface area contributed by atoms with Gasteiger partial charge in [0.15, 0.2) is 0 Å². The molecule has 10 heteroatoms. The van der Waals surface area contributed by atoms with Crippen molar-refractivity contribution in [2.24, 2.45) is 0 Å². The number of alkyl halides is 3. The third kappa shape index (κ3) is 9.24. The monoisotopic (exact) mass is 456 g/mol. The fraction of sp³-hybridized carbons (Fsp3) is 0.591. The lowest BCUT2D eigenvalue weighted by Crippen LogP contribution is -2.39. The van der Waals surface area contributed by atoms with Crippen molar-refractivity contribution in [2.75, 3.05) is 32.8 Å². The minimum Gasteiger partial charge on any atom is -0.494 e. The molecule has 0 amide bonds. The van der Waals surface area contributed by atoms with Crippen molar-refractivity contribution in [3.05, 3.63) is 29.8 Å². The molecule has 1 fully saturated rings. The molecular weight excluding hydrogens is 429 g/mol. The van der Waals surface area contributed by atoms with E-state index in [1.165, 1.54) is 0 Å². The van der Waals surface area contributed by atoms with E-state index < -0.39 is 18.1 Å². The summed E-state index contributed by atoms with van der Waals surface area (Å²) in [6, 6.07) is 9.63. The van der Waals surface area contributed by atoms with Crippen LogP contribution in [0.25, 0.3) is 0 Å². The third-order valence-electron chi connectivity index (χ3n) is 4.92. The van der Waals surface area contributed by atoms with Gasteiger partial charge >= 0.3 is 18.1 Å². The average Bonchev–Trinajstić information content (AvgIpc) is 2.77. The molecule has 1 saturated heterocycles. The van der Waals surface area contributed by atoms with Gasteiger partial charge in [-0.25, -0.2) is 4.79 Å². The van der Waals surface area contributed by atoms with E-state index in [9.17, 15) is 22.8 Å². The Hall–Kier alpha value is -2.64. The first-order valence-electron chi connectivity index (χ1n) is 10.5. The molecule has 1 heterocycles. The Bertz CT molecular complexity index is 777. The molecule has 0 aromatic heterocycles. The van der Waals surface area contributed by atoms with Crippen molar-refractivity contribution >= 4 is 11.9 Å². The van der Waals surface area contributed by atoms with Crippen molar-refractivity contribution in [1.82, 2.24) is 4.90 Å². The van der Waals surface area contributed by atoms with E-state index in [0.717, 1.165) is 37.0 Å². The Morgan fingerprint density at radius 1 is 1.16 bits per heavy atom. The fourth-order valence-corrected chi connectivity index (χ4v) is 3.20. The normalized spacial score (nSPS) is 16.9. The lowest BCUT2D eigenvalue weighted by Gasteiger charge is -2.33. The number of carbonyl (C=O) groups is 2. The van der Waals surface area contributed by atoms with Crippen molar-refractivity contribution in [1.29, 1.82) is 5.26 Å². The SMILES string of the molecule is N#CCCCCCCOc1ccc(C2CN(CCC(=O)OC(=O)C(F)(F)F)CCO2)cc1. The molecule has 0 radical (unpaired) electrons. The smallest absolute Gasteiger partial charge is 0.491 e. The summed E-state index contributed by atoms with van der Waals surface area (Å²) in [7, 11) is 0. The third-order valence-corrected chi connectivity index (χ3v) is 4.92. The summed E-state index contributed by atoms with van der Waals surface area (Å²) in [5, 5.41) is 8.50. The summed E-state index contributed by atoms with van der Waals surface area (Å²) in [5.41, 5.74) is 0.924. The molecule has 32 heavy (non-hydrogen) atoms. The zero-order valence-corrected chi connectivity index (χ0v) is 17.7. The predicted octanol–water partition coefficient (Wildman–Crippen LogP) is 3.93. The first kappa shape index (κ1) is 25.6. The van der Waals surface area contributed by atoms with Gasteiger partial charge in [-0.1, -0.05) is 25.0 Å². The lowest BCUT2D eigenvalue weighted by atomic mass is 10.1. The number of rotatable bonds is 11. The summed E-state index contributed by atoms with van der Waals surface area (Å²) in [5.74, 6) is -2.96. The summed E-state index contributed by atoms with van der Waals surface area (Å²) in [6.07, 6.45) is -1.30. The van der Waals surface area contributed by atoms with Crippen LogP contribution in [-0.4, -0.2) is 55.9 Å². The number of nitrogens with zero attached hydrogens (tertiary/aromatic N) is 2. The number of halogens is 3. The maximum Gasteiger partial charge on any atom is 0.491 e. The molecule has 1 aromatic carbocycles. The number of morpholine rings is 1. The maximum absolute atomic E-state index is 12.1. The second-order valence-electron chi connectivity index (χ2n) is 7.41. The van der Waals surface area contributed by atoms with Gasteiger partial charge in [-0.2, -0.15) is 18.4 Å². The predicted molar refractivity (Wildman–Crippen MR) is 108 cm³/mol. The Labute approximate surface area is 185 Å². The van der Waals surface area contributed by atoms with Crippen LogP contribution in [0.5, 0.6) is 5.75 Å². The second-order valence-corrected chi connectivity index (χ2v) is 7.41. The number of esters is 2. The number of hydrogen-bond donors (Lipinski definition) is 0. The van der Waals surface area contributed by atoms with E-state index in [1.54, 1.807) is 0 Å². The molecule has 0 aliphatic carbocycles. The van der Waals surface area contributed by atoms with Gasteiger partial charge in [0.2, 0.25) is 0 Å².